The molecule has 0 bridgehead atoms. The van der Waals surface area contributed by atoms with Gasteiger partial charge in [-0.15, -0.1) is 0 Å². The first-order chi connectivity index (χ1) is 16.4. The Morgan fingerprint density at radius 1 is 1.09 bits per heavy atom. The Hall–Kier alpha value is -1.48. The second-order valence-corrected chi connectivity index (χ2v) is 11.7. The van der Waals surface area contributed by atoms with Crippen molar-refractivity contribution in [2.45, 2.75) is 90.3 Å². The molecule has 1 aliphatic rings. The van der Waals surface area contributed by atoms with Crippen LogP contribution >= 0.6 is 0 Å². The van der Waals surface area contributed by atoms with E-state index in [0.29, 0.717) is 32.1 Å². The molecule has 8 heteroatoms. The molecule has 34 heavy (non-hydrogen) atoms. The molecule has 0 aliphatic heterocycles. The van der Waals surface area contributed by atoms with Gasteiger partial charge >= 0.3 is 0 Å². The fourth-order valence-electron chi connectivity index (χ4n) is 4.72. The Morgan fingerprint density at radius 3 is 2.35 bits per heavy atom. The minimum Gasteiger partial charge on any atom is -0.390 e. The highest BCUT2D eigenvalue weighted by Gasteiger charge is 2.27. The van der Waals surface area contributed by atoms with Gasteiger partial charge in [0.15, 0.2) is 0 Å². The summed E-state index contributed by atoms with van der Waals surface area (Å²) in [7, 11) is -3.47. The molecule has 0 saturated heterocycles. The topological polar surface area (TPSA) is 98.7 Å². The Bertz CT molecular complexity index is 792. The second kappa shape index (κ2) is 15.5. The SMILES string of the molecule is CCCN(CCC)S(=O)(=O)CCC(=O)N[C@@H](CC1CCCCC1)[C@H](O)CNCc1ccccc1. The zero-order valence-electron chi connectivity index (χ0n) is 21.0. The van der Waals surface area contributed by atoms with Gasteiger partial charge in [-0.25, -0.2) is 12.7 Å². The highest BCUT2D eigenvalue weighted by atomic mass is 32.2. The van der Waals surface area contributed by atoms with Crippen molar-refractivity contribution in [2.75, 3.05) is 25.4 Å². The number of nitrogens with zero attached hydrogens (tertiary/aromatic N) is 1. The Balaban J connectivity index is 1.92. The summed E-state index contributed by atoms with van der Waals surface area (Å²) in [6.07, 6.45) is 7.27. The van der Waals surface area contributed by atoms with E-state index in [9.17, 15) is 18.3 Å². The lowest BCUT2D eigenvalue weighted by Gasteiger charge is -2.30. The van der Waals surface area contributed by atoms with Gasteiger partial charge in [0.1, 0.15) is 0 Å². The van der Waals surface area contributed by atoms with Crippen molar-refractivity contribution in [1.29, 1.82) is 0 Å². The quantitative estimate of drug-likeness (QED) is 0.326. The first-order valence-corrected chi connectivity index (χ1v) is 14.7. The van der Waals surface area contributed by atoms with Gasteiger partial charge < -0.3 is 15.7 Å². The molecule has 0 unspecified atom stereocenters. The molecule has 0 radical (unpaired) electrons. The Morgan fingerprint density at radius 2 is 1.74 bits per heavy atom. The van der Waals surface area contributed by atoms with Crippen molar-refractivity contribution in [3.8, 4) is 0 Å². The van der Waals surface area contributed by atoms with Crippen molar-refractivity contribution >= 4 is 15.9 Å². The van der Waals surface area contributed by atoms with Gasteiger partial charge in [0.05, 0.1) is 17.9 Å². The summed E-state index contributed by atoms with van der Waals surface area (Å²) in [6.45, 7) is 5.88. The van der Waals surface area contributed by atoms with E-state index in [2.05, 4.69) is 10.6 Å². The van der Waals surface area contributed by atoms with Crippen LogP contribution in [-0.4, -0.2) is 61.3 Å². The standard InChI is InChI=1S/C26H45N3O4S/c1-3-16-29(17-4-2)34(32,33)18-15-26(31)28-24(19-22-11-7-5-8-12-22)25(30)21-27-20-23-13-9-6-10-14-23/h6,9-10,13-14,22,24-25,27,30H,3-5,7-8,11-12,15-21H2,1-2H3,(H,28,31)/t24-,25+/m0/s1. The summed E-state index contributed by atoms with van der Waals surface area (Å²) in [5.74, 6) is -0.0206. The summed E-state index contributed by atoms with van der Waals surface area (Å²) in [5.41, 5.74) is 1.14. The number of carbonyl (C=O) groups excluding carboxylic acids is 1. The number of aliphatic hydroxyl groups is 1. The zero-order valence-corrected chi connectivity index (χ0v) is 21.9. The van der Waals surface area contributed by atoms with Crippen LogP contribution in [0.3, 0.4) is 0 Å². The summed E-state index contributed by atoms with van der Waals surface area (Å²) in [5, 5.41) is 17.2. The molecule has 194 valence electrons. The van der Waals surface area contributed by atoms with Gasteiger partial charge in [0.2, 0.25) is 15.9 Å². The molecule has 0 heterocycles. The Kier molecular flexibility index (Phi) is 13.1. The fourth-order valence-corrected chi connectivity index (χ4v) is 6.34. The van der Waals surface area contributed by atoms with Crippen LogP contribution in [-0.2, 0) is 21.4 Å². The summed E-state index contributed by atoms with van der Waals surface area (Å²) >= 11 is 0. The molecule has 1 aromatic carbocycles. The molecule has 2 atom stereocenters. The van der Waals surface area contributed by atoms with E-state index >= 15 is 0 Å². The van der Waals surface area contributed by atoms with Crippen LogP contribution < -0.4 is 10.6 Å². The van der Waals surface area contributed by atoms with Crippen LogP contribution in [0.15, 0.2) is 30.3 Å². The third-order valence-electron chi connectivity index (χ3n) is 6.57. The summed E-state index contributed by atoms with van der Waals surface area (Å²) < 4.78 is 26.9. The normalized spacial score (nSPS) is 16.9. The smallest absolute Gasteiger partial charge is 0.221 e. The van der Waals surface area contributed by atoms with E-state index in [0.717, 1.165) is 37.7 Å². The number of amides is 1. The third-order valence-corrected chi connectivity index (χ3v) is 8.45. The average molecular weight is 496 g/mol. The van der Waals surface area contributed by atoms with Crippen molar-refractivity contribution in [1.82, 2.24) is 14.9 Å². The molecule has 0 aromatic heterocycles. The number of nitrogens with one attached hydrogen (secondary N) is 2. The summed E-state index contributed by atoms with van der Waals surface area (Å²) in [4.78, 5) is 12.8. The lowest BCUT2D eigenvalue weighted by atomic mass is 9.83. The highest BCUT2D eigenvalue weighted by molar-refractivity contribution is 7.89. The van der Waals surface area contributed by atoms with Crippen molar-refractivity contribution in [3.63, 3.8) is 0 Å². The molecule has 1 amide bonds. The molecule has 7 nitrogen and oxygen atoms in total. The molecular formula is C26H45N3O4S. The number of benzene rings is 1. The number of hydrogen-bond donors (Lipinski definition) is 3. The Labute approximate surface area is 206 Å². The number of carbonyl (C=O) groups is 1. The van der Waals surface area contributed by atoms with Gasteiger partial charge in [0, 0.05) is 32.6 Å². The third kappa shape index (κ3) is 10.4. The molecule has 1 fully saturated rings. The molecule has 1 aliphatic carbocycles. The number of aliphatic hydroxyl groups excluding tert-OH is 1. The van der Waals surface area contributed by atoms with Crippen LogP contribution in [0, 0.1) is 5.92 Å². The lowest BCUT2D eigenvalue weighted by molar-refractivity contribution is -0.122. The zero-order chi connectivity index (χ0) is 24.8. The van der Waals surface area contributed by atoms with E-state index in [1.54, 1.807) is 0 Å². The van der Waals surface area contributed by atoms with Gasteiger partial charge in [0.25, 0.3) is 0 Å². The van der Waals surface area contributed by atoms with Crippen molar-refractivity contribution in [2.24, 2.45) is 5.92 Å². The number of rotatable bonds is 16. The molecule has 1 aromatic rings. The molecule has 0 spiro atoms. The fraction of sp³-hybridized carbons (Fsp3) is 0.731. The van der Waals surface area contributed by atoms with E-state index in [4.69, 9.17) is 0 Å². The highest BCUT2D eigenvalue weighted by Crippen LogP contribution is 2.28. The van der Waals surface area contributed by atoms with Crippen molar-refractivity contribution in [3.05, 3.63) is 35.9 Å². The van der Waals surface area contributed by atoms with E-state index in [-0.39, 0.29) is 24.1 Å². The van der Waals surface area contributed by atoms with Crippen LogP contribution in [0.1, 0.15) is 77.2 Å². The molecule has 1 saturated carbocycles. The number of hydrogen-bond acceptors (Lipinski definition) is 5. The minimum absolute atomic E-state index is 0.0857. The first-order valence-electron chi connectivity index (χ1n) is 13.1. The first kappa shape index (κ1) is 28.8. The predicted molar refractivity (Wildman–Crippen MR) is 138 cm³/mol. The van der Waals surface area contributed by atoms with Crippen LogP contribution in [0.4, 0.5) is 0 Å². The van der Waals surface area contributed by atoms with E-state index in [1.807, 2.05) is 44.2 Å². The van der Waals surface area contributed by atoms with Crippen LogP contribution in [0.5, 0.6) is 0 Å². The molecule has 3 N–H and O–H groups in total. The van der Waals surface area contributed by atoms with Gasteiger partial charge in [-0.05, 0) is 30.7 Å². The van der Waals surface area contributed by atoms with Gasteiger partial charge in [-0.3, -0.25) is 4.79 Å². The van der Waals surface area contributed by atoms with Gasteiger partial charge in [-0.1, -0.05) is 76.3 Å². The monoisotopic (exact) mass is 495 g/mol. The minimum atomic E-state index is -3.47. The largest absolute Gasteiger partial charge is 0.390 e. The maximum Gasteiger partial charge on any atom is 0.221 e. The lowest BCUT2D eigenvalue weighted by Crippen LogP contribution is -2.49. The number of sulfonamides is 1. The van der Waals surface area contributed by atoms with Gasteiger partial charge in [-0.2, -0.15) is 0 Å². The van der Waals surface area contributed by atoms with E-state index < -0.39 is 16.1 Å². The van der Waals surface area contributed by atoms with Crippen LogP contribution in [0.2, 0.25) is 0 Å². The average Bonchev–Trinajstić information content (AvgIpc) is 2.83. The maximum absolute atomic E-state index is 12.8. The summed E-state index contributed by atoms with van der Waals surface area (Å²) in [6, 6.07) is 9.61. The molecule has 2 rings (SSSR count). The van der Waals surface area contributed by atoms with Crippen molar-refractivity contribution < 1.29 is 18.3 Å². The molecular weight excluding hydrogens is 450 g/mol. The second-order valence-electron chi connectivity index (χ2n) is 9.56. The maximum atomic E-state index is 12.8. The van der Waals surface area contributed by atoms with E-state index in [1.165, 1.54) is 23.6 Å². The van der Waals surface area contributed by atoms with Crippen LogP contribution in [0.25, 0.3) is 0 Å². The predicted octanol–water partition coefficient (Wildman–Crippen LogP) is 3.43.